The zero-order valence-corrected chi connectivity index (χ0v) is 15.5. The molecule has 1 saturated heterocycles. The molecule has 0 bridgehead atoms. The van der Waals surface area contributed by atoms with E-state index in [4.69, 9.17) is 11.6 Å². The van der Waals surface area contributed by atoms with E-state index in [1.165, 1.54) is 22.6 Å². The maximum absolute atomic E-state index is 12.6. The first kappa shape index (κ1) is 18.6. The largest absolute Gasteiger partial charge is 0.325 e. The topological polar surface area (TPSA) is 88.5 Å². The molecule has 0 radical (unpaired) electrons. The summed E-state index contributed by atoms with van der Waals surface area (Å²) in [4.78, 5) is 24.4. The van der Waals surface area contributed by atoms with Crippen molar-refractivity contribution >= 4 is 33.2 Å². The molecule has 2 heterocycles. The van der Waals surface area contributed by atoms with Crippen LogP contribution in [0.1, 0.15) is 12.8 Å². The molecule has 1 aromatic heterocycles. The summed E-state index contributed by atoms with van der Waals surface area (Å²) in [5, 5.41) is 3.18. The Labute approximate surface area is 156 Å². The lowest BCUT2D eigenvalue weighted by Gasteiger charge is -2.16. The van der Waals surface area contributed by atoms with Gasteiger partial charge in [0, 0.05) is 30.0 Å². The fourth-order valence-corrected chi connectivity index (χ4v) is 4.52. The number of hydrogen-bond donors (Lipinski definition) is 1. The molecule has 1 N–H and O–H groups in total. The van der Waals surface area contributed by atoms with E-state index in [0.29, 0.717) is 23.8 Å². The van der Waals surface area contributed by atoms with E-state index in [1.54, 1.807) is 24.3 Å². The van der Waals surface area contributed by atoms with Crippen LogP contribution in [-0.2, 0) is 21.4 Å². The molecule has 0 aliphatic carbocycles. The van der Waals surface area contributed by atoms with Gasteiger partial charge in [0.1, 0.15) is 11.4 Å². The molecule has 3 rings (SSSR count). The molecule has 0 saturated carbocycles. The number of aromatic nitrogens is 1. The van der Waals surface area contributed by atoms with Crippen LogP contribution in [0.15, 0.2) is 52.3 Å². The van der Waals surface area contributed by atoms with E-state index in [9.17, 15) is 18.0 Å². The minimum absolute atomic E-state index is 0.287. The van der Waals surface area contributed by atoms with E-state index in [0.717, 1.165) is 17.4 Å². The Morgan fingerprint density at radius 2 is 1.77 bits per heavy atom. The molecule has 1 amide bonds. The van der Waals surface area contributed by atoms with Crippen molar-refractivity contribution in [3.63, 3.8) is 0 Å². The van der Waals surface area contributed by atoms with Crippen molar-refractivity contribution in [3.05, 3.63) is 58.0 Å². The van der Waals surface area contributed by atoms with Crippen molar-refractivity contribution in [1.29, 1.82) is 0 Å². The Bertz CT molecular complexity index is 964. The number of hydrogen-bond acceptors (Lipinski definition) is 4. The van der Waals surface area contributed by atoms with Gasteiger partial charge < -0.3 is 9.88 Å². The molecule has 0 spiro atoms. The number of nitrogens with one attached hydrogen (secondary N) is 1. The number of nitrogens with zero attached hydrogens (tertiary/aromatic N) is 2. The van der Waals surface area contributed by atoms with Crippen LogP contribution in [0.4, 0.5) is 5.69 Å². The zero-order valence-electron chi connectivity index (χ0n) is 13.9. The number of carbonyl (C=O) groups is 1. The monoisotopic (exact) mass is 395 g/mol. The summed E-state index contributed by atoms with van der Waals surface area (Å²) in [6.07, 6.45) is 2.96. The zero-order chi connectivity index (χ0) is 18.7. The quantitative estimate of drug-likeness (QED) is 0.837. The van der Waals surface area contributed by atoms with Crippen molar-refractivity contribution in [1.82, 2.24) is 8.87 Å². The number of sulfonamides is 1. The van der Waals surface area contributed by atoms with Gasteiger partial charge in [0.2, 0.25) is 15.9 Å². The second-order valence-electron chi connectivity index (χ2n) is 5.97. The number of rotatable bonds is 5. The highest BCUT2D eigenvalue weighted by Gasteiger charge is 2.29. The number of amides is 1. The summed E-state index contributed by atoms with van der Waals surface area (Å²) in [5.74, 6) is -0.440. The van der Waals surface area contributed by atoms with Crippen molar-refractivity contribution in [2.45, 2.75) is 24.3 Å². The standard InChI is InChI=1S/C17H18ClN3O4S/c18-13-5-7-14(8-6-13)19-16(22)12-20-9-3-4-15(17(20)23)26(24,25)21-10-1-2-11-21/h3-9H,1-2,10-12H2,(H,19,22). The van der Waals surface area contributed by atoms with Gasteiger partial charge in [-0.15, -0.1) is 0 Å². The van der Waals surface area contributed by atoms with Crippen LogP contribution in [-0.4, -0.2) is 36.3 Å². The maximum atomic E-state index is 12.6. The highest BCUT2D eigenvalue weighted by atomic mass is 35.5. The lowest BCUT2D eigenvalue weighted by atomic mass is 10.3. The van der Waals surface area contributed by atoms with Gasteiger partial charge in [-0.2, -0.15) is 4.31 Å². The Hall–Kier alpha value is -2.16. The Morgan fingerprint density at radius 3 is 2.42 bits per heavy atom. The molecule has 1 aliphatic heterocycles. The lowest BCUT2D eigenvalue weighted by Crippen LogP contribution is -2.36. The normalized spacial score (nSPS) is 15.1. The fraction of sp³-hybridized carbons (Fsp3) is 0.294. The number of carbonyl (C=O) groups excluding carboxylic acids is 1. The van der Waals surface area contributed by atoms with Crippen LogP contribution in [0, 0.1) is 0 Å². The third-order valence-electron chi connectivity index (χ3n) is 4.11. The van der Waals surface area contributed by atoms with Gasteiger partial charge >= 0.3 is 0 Å². The van der Waals surface area contributed by atoms with E-state index < -0.39 is 21.5 Å². The summed E-state index contributed by atoms with van der Waals surface area (Å²) < 4.78 is 27.6. The summed E-state index contributed by atoms with van der Waals surface area (Å²) in [5.41, 5.74) is -0.168. The highest BCUT2D eigenvalue weighted by Crippen LogP contribution is 2.18. The van der Waals surface area contributed by atoms with Gasteiger partial charge in [-0.3, -0.25) is 9.59 Å². The molecule has 0 atom stereocenters. The molecule has 1 aromatic carbocycles. The van der Waals surface area contributed by atoms with E-state index in [1.807, 2.05) is 0 Å². The number of halogens is 1. The summed E-state index contributed by atoms with van der Waals surface area (Å²) in [6, 6.07) is 9.28. The second kappa shape index (κ2) is 7.61. The number of anilines is 1. The Balaban J connectivity index is 1.80. The van der Waals surface area contributed by atoms with Crippen molar-refractivity contribution < 1.29 is 13.2 Å². The van der Waals surface area contributed by atoms with Crippen LogP contribution < -0.4 is 10.9 Å². The van der Waals surface area contributed by atoms with Crippen molar-refractivity contribution in [2.24, 2.45) is 0 Å². The van der Waals surface area contributed by atoms with Gasteiger partial charge in [-0.05, 0) is 49.2 Å². The Kier molecular flexibility index (Phi) is 5.45. The summed E-state index contributed by atoms with van der Waals surface area (Å²) in [6.45, 7) is 0.534. The third-order valence-corrected chi connectivity index (χ3v) is 6.27. The smallest absolute Gasteiger partial charge is 0.271 e. The lowest BCUT2D eigenvalue weighted by molar-refractivity contribution is -0.116. The molecule has 0 unspecified atom stereocenters. The average molecular weight is 396 g/mol. The van der Waals surface area contributed by atoms with Gasteiger partial charge in [-0.25, -0.2) is 8.42 Å². The summed E-state index contributed by atoms with van der Waals surface area (Å²) >= 11 is 5.79. The van der Waals surface area contributed by atoms with E-state index in [2.05, 4.69) is 5.32 Å². The molecular formula is C17H18ClN3O4S. The predicted molar refractivity (Wildman–Crippen MR) is 98.8 cm³/mol. The van der Waals surface area contributed by atoms with Gasteiger partial charge in [-0.1, -0.05) is 11.6 Å². The van der Waals surface area contributed by atoms with Gasteiger partial charge in [0.25, 0.3) is 5.56 Å². The first-order chi connectivity index (χ1) is 12.4. The van der Waals surface area contributed by atoms with Crippen LogP contribution >= 0.6 is 11.6 Å². The summed E-state index contributed by atoms with van der Waals surface area (Å²) in [7, 11) is -3.84. The molecule has 138 valence electrons. The molecular weight excluding hydrogens is 378 g/mol. The Morgan fingerprint density at radius 1 is 1.12 bits per heavy atom. The minimum Gasteiger partial charge on any atom is -0.325 e. The molecule has 26 heavy (non-hydrogen) atoms. The van der Waals surface area contributed by atoms with Gasteiger partial charge in [0.15, 0.2) is 0 Å². The first-order valence-corrected chi connectivity index (χ1v) is 9.95. The average Bonchev–Trinajstić information content (AvgIpc) is 3.14. The molecule has 1 fully saturated rings. The van der Waals surface area contributed by atoms with Crippen LogP contribution in [0.25, 0.3) is 0 Å². The predicted octanol–water partition coefficient (Wildman–Crippen LogP) is 1.92. The van der Waals surface area contributed by atoms with E-state index in [-0.39, 0.29) is 11.4 Å². The molecule has 9 heteroatoms. The third kappa shape index (κ3) is 3.98. The molecule has 2 aromatic rings. The molecule has 7 nitrogen and oxygen atoms in total. The van der Waals surface area contributed by atoms with Crippen molar-refractivity contribution in [2.75, 3.05) is 18.4 Å². The van der Waals surface area contributed by atoms with Crippen LogP contribution in [0.5, 0.6) is 0 Å². The van der Waals surface area contributed by atoms with Crippen LogP contribution in [0.3, 0.4) is 0 Å². The van der Waals surface area contributed by atoms with Crippen molar-refractivity contribution in [3.8, 4) is 0 Å². The highest BCUT2D eigenvalue weighted by molar-refractivity contribution is 7.89. The van der Waals surface area contributed by atoms with Gasteiger partial charge in [0.05, 0.1) is 0 Å². The SMILES string of the molecule is O=C(Cn1cccc(S(=O)(=O)N2CCCC2)c1=O)Nc1ccc(Cl)cc1. The fourth-order valence-electron chi connectivity index (χ4n) is 2.79. The number of benzene rings is 1. The van der Waals surface area contributed by atoms with E-state index >= 15 is 0 Å². The first-order valence-electron chi connectivity index (χ1n) is 8.13. The number of pyridine rings is 1. The molecule has 1 aliphatic rings. The van der Waals surface area contributed by atoms with Crippen LogP contribution in [0.2, 0.25) is 5.02 Å². The maximum Gasteiger partial charge on any atom is 0.271 e. The minimum atomic E-state index is -3.84. The second-order valence-corrected chi connectivity index (χ2v) is 8.31.